The van der Waals surface area contributed by atoms with E-state index in [4.69, 9.17) is 0 Å². The quantitative estimate of drug-likeness (QED) is 0.834. The molecule has 0 unspecified atom stereocenters. The van der Waals surface area contributed by atoms with Crippen molar-refractivity contribution in [2.24, 2.45) is 0 Å². The van der Waals surface area contributed by atoms with Gasteiger partial charge in [-0.2, -0.15) is 11.8 Å². The van der Waals surface area contributed by atoms with E-state index in [2.05, 4.69) is 28.2 Å². The molecule has 1 N–H and O–H groups in total. The summed E-state index contributed by atoms with van der Waals surface area (Å²) in [5.41, 5.74) is 0.200. The van der Waals surface area contributed by atoms with Crippen LogP contribution in [0.2, 0.25) is 0 Å². The van der Waals surface area contributed by atoms with Crippen molar-refractivity contribution >= 4 is 39.4 Å². The minimum atomic E-state index is -0.435. The third-order valence-electron chi connectivity index (χ3n) is 3.34. The Bertz CT molecular complexity index is 465. The minimum absolute atomic E-state index is 0.143. The molecular weight excluding hydrogens is 331 g/mol. The molecule has 1 saturated heterocycles. The molecule has 0 spiro atoms. The zero-order chi connectivity index (χ0) is 14.0. The molecule has 2 atom stereocenters. The lowest BCUT2D eigenvalue weighted by Gasteiger charge is -2.37. The van der Waals surface area contributed by atoms with E-state index in [1.807, 2.05) is 18.7 Å². The number of hydrogen-bond acceptors (Lipinski definition) is 2. The topological polar surface area (TPSA) is 32.3 Å². The summed E-state index contributed by atoms with van der Waals surface area (Å²) in [5.74, 6) is 0.479. The monoisotopic (exact) mass is 346 g/mol. The molecule has 0 saturated carbocycles. The van der Waals surface area contributed by atoms with Crippen LogP contribution in [0.4, 0.5) is 14.9 Å². The van der Waals surface area contributed by atoms with E-state index in [0.717, 1.165) is 5.75 Å². The molecule has 1 aliphatic rings. The van der Waals surface area contributed by atoms with Gasteiger partial charge in [-0.25, -0.2) is 9.18 Å². The van der Waals surface area contributed by atoms with Crippen molar-refractivity contribution in [3.8, 4) is 0 Å². The first kappa shape index (κ1) is 14.7. The molecule has 1 fully saturated rings. The van der Waals surface area contributed by atoms with E-state index >= 15 is 0 Å². The summed E-state index contributed by atoms with van der Waals surface area (Å²) in [6.07, 6.45) is 0. The zero-order valence-electron chi connectivity index (χ0n) is 10.8. The first-order chi connectivity index (χ1) is 9.00. The number of hydrogen-bond donors (Lipinski definition) is 1. The highest BCUT2D eigenvalue weighted by atomic mass is 79.9. The second-order valence-electron chi connectivity index (χ2n) is 4.54. The zero-order valence-corrected chi connectivity index (χ0v) is 13.2. The van der Waals surface area contributed by atoms with Gasteiger partial charge in [0.1, 0.15) is 5.82 Å². The van der Waals surface area contributed by atoms with Gasteiger partial charge < -0.3 is 10.2 Å². The Balaban J connectivity index is 2.13. The van der Waals surface area contributed by atoms with Crippen LogP contribution < -0.4 is 5.32 Å². The Morgan fingerprint density at radius 2 is 2.26 bits per heavy atom. The smallest absolute Gasteiger partial charge is 0.320 e. The molecule has 1 aromatic rings. The highest BCUT2D eigenvalue weighted by Gasteiger charge is 2.29. The maximum Gasteiger partial charge on any atom is 0.322 e. The Kier molecular flexibility index (Phi) is 4.73. The number of nitrogens with one attached hydrogen (secondary N) is 1. The number of para-hydroxylation sites is 1. The SMILES string of the molecule is C[C@H]1SCCN(C(=O)Nc2c(F)cccc2Br)[C@H]1C. The summed E-state index contributed by atoms with van der Waals surface area (Å²) in [7, 11) is 0. The van der Waals surface area contributed by atoms with E-state index in [1.165, 1.54) is 6.07 Å². The van der Waals surface area contributed by atoms with Crippen molar-refractivity contribution in [3.63, 3.8) is 0 Å². The van der Waals surface area contributed by atoms with Crippen LogP contribution in [0.5, 0.6) is 0 Å². The highest BCUT2D eigenvalue weighted by molar-refractivity contribution is 9.10. The Hall–Kier alpha value is -0.750. The number of benzene rings is 1. The van der Waals surface area contributed by atoms with Gasteiger partial charge in [-0.3, -0.25) is 0 Å². The van der Waals surface area contributed by atoms with Crippen LogP contribution in [-0.2, 0) is 0 Å². The van der Waals surface area contributed by atoms with Crippen molar-refractivity contribution in [2.75, 3.05) is 17.6 Å². The number of halogens is 2. The molecule has 1 aromatic carbocycles. The van der Waals surface area contributed by atoms with E-state index in [0.29, 0.717) is 16.3 Å². The molecule has 104 valence electrons. The molecule has 19 heavy (non-hydrogen) atoms. The van der Waals surface area contributed by atoms with Gasteiger partial charge >= 0.3 is 6.03 Å². The lowest BCUT2D eigenvalue weighted by atomic mass is 10.2. The number of carbonyl (C=O) groups is 1. The first-order valence-electron chi connectivity index (χ1n) is 6.14. The van der Waals surface area contributed by atoms with Gasteiger partial charge in [-0.05, 0) is 35.0 Å². The summed E-state index contributed by atoms with van der Waals surface area (Å²) in [5, 5.41) is 3.05. The number of rotatable bonds is 1. The number of carbonyl (C=O) groups excluding carboxylic acids is 1. The third-order valence-corrected chi connectivity index (χ3v) is 5.34. The predicted octanol–water partition coefficient (Wildman–Crippen LogP) is 3.95. The largest absolute Gasteiger partial charge is 0.322 e. The van der Waals surface area contributed by atoms with Crippen molar-refractivity contribution in [3.05, 3.63) is 28.5 Å². The molecule has 0 radical (unpaired) electrons. The standard InChI is InChI=1S/C13H16BrFN2OS/c1-8-9(2)19-7-6-17(8)13(18)16-12-10(14)4-3-5-11(12)15/h3-5,8-9H,6-7H2,1-2H3,(H,16,18)/t8-,9+/m0/s1. The normalized spacial score (nSPS) is 23.3. The van der Waals surface area contributed by atoms with Gasteiger partial charge in [-0.1, -0.05) is 13.0 Å². The van der Waals surface area contributed by atoms with Crippen LogP contribution in [0.15, 0.2) is 22.7 Å². The highest BCUT2D eigenvalue weighted by Crippen LogP contribution is 2.28. The van der Waals surface area contributed by atoms with Crippen molar-refractivity contribution < 1.29 is 9.18 Å². The van der Waals surface area contributed by atoms with Crippen LogP contribution in [0.1, 0.15) is 13.8 Å². The molecular formula is C13H16BrFN2OS. The summed E-state index contributed by atoms with van der Waals surface area (Å²) in [6.45, 7) is 4.81. The third kappa shape index (κ3) is 3.23. The Morgan fingerprint density at radius 3 is 2.95 bits per heavy atom. The van der Waals surface area contributed by atoms with Gasteiger partial charge in [0, 0.05) is 28.1 Å². The van der Waals surface area contributed by atoms with Crippen molar-refractivity contribution in [2.45, 2.75) is 25.1 Å². The molecule has 0 bridgehead atoms. The minimum Gasteiger partial charge on any atom is -0.320 e. The van der Waals surface area contributed by atoms with Crippen molar-refractivity contribution in [1.82, 2.24) is 4.90 Å². The fourth-order valence-corrected chi connectivity index (χ4v) is 3.56. The predicted molar refractivity (Wildman–Crippen MR) is 81.2 cm³/mol. The van der Waals surface area contributed by atoms with Crippen LogP contribution in [0.3, 0.4) is 0 Å². The van der Waals surface area contributed by atoms with Gasteiger partial charge in [0.2, 0.25) is 0 Å². The van der Waals surface area contributed by atoms with Crippen LogP contribution in [0, 0.1) is 5.82 Å². The number of thioether (sulfide) groups is 1. The molecule has 1 aliphatic heterocycles. The molecule has 1 heterocycles. The Labute approximate surface area is 125 Å². The number of nitrogens with zero attached hydrogens (tertiary/aromatic N) is 1. The van der Waals surface area contributed by atoms with E-state index in [-0.39, 0.29) is 17.8 Å². The van der Waals surface area contributed by atoms with E-state index in [1.54, 1.807) is 17.0 Å². The molecule has 0 aromatic heterocycles. The van der Waals surface area contributed by atoms with Gasteiger partial charge in [0.05, 0.1) is 5.69 Å². The lowest BCUT2D eigenvalue weighted by Crippen LogP contribution is -2.49. The summed E-state index contributed by atoms with van der Waals surface area (Å²) in [6, 6.07) is 4.53. The van der Waals surface area contributed by atoms with Crippen molar-refractivity contribution in [1.29, 1.82) is 0 Å². The van der Waals surface area contributed by atoms with Gasteiger partial charge in [-0.15, -0.1) is 0 Å². The molecule has 2 rings (SSSR count). The van der Waals surface area contributed by atoms with Crippen LogP contribution in [0.25, 0.3) is 0 Å². The number of anilines is 1. The fourth-order valence-electron chi connectivity index (χ4n) is 2.02. The van der Waals surface area contributed by atoms with Crippen LogP contribution in [-0.4, -0.2) is 34.5 Å². The fraction of sp³-hybridized carbons (Fsp3) is 0.462. The van der Waals surface area contributed by atoms with Gasteiger partial charge in [0.25, 0.3) is 0 Å². The summed E-state index contributed by atoms with van der Waals surface area (Å²) < 4.78 is 14.2. The first-order valence-corrected chi connectivity index (χ1v) is 7.98. The average molecular weight is 347 g/mol. The van der Waals surface area contributed by atoms with Gasteiger partial charge in [0.15, 0.2) is 0 Å². The summed E-state index contributed by atoms with van der Waals surface area (Å²) >= 11 is 5.10. The molecule has 0 aliphatic carbocycles. The van der Waals surface area contributed by atoms with E-state index < -0.39 is 5.82 Å². The molecule has 6 heteroatoms. The molecule has 3 nitrogen and oxygen atoms in total. The van der Waals surface area contributed by atoms with E-state index in [9.17, 15) is 9.18 Å². The molecule has 2 amide bonds. The maximum absolute atomic E-state index is 13.7. The number of amides is 2. The second-order valence-corrected chi connectivity index (χ2v) is 6.88. The number of urea groups is 1. The average Bonchev–Trinajstić information content (AvgIpc) is 2.37. The Morgan fingerprint density at radius 1 is 1.53 bits per heavy atom. The maximum atomic E-state index is 13.7. The second kappa shape index (κ2) is 6.13. The summed E-state index contributed by atoms with van der Waals surface area (Å²) in [4.78, 5) is 14.0. The van der Waals surface area contributed by atoms with Crippen LogP contribution >= 0.6 is 27.7 Å². The lowest BCUT2D eigenvalue weighted by molar-refractivity contribution is 0.194.